The van der Waals surface area contributed by atoms with E-state index in [9.17, 15) is 9.59 Å². The molecule has 0 saturated heterocycles. The van der Waals surface area contributed by atoms with Crippen LogP contribution in [0.5, 0.6) is 0 Å². The summed E-state index contributed by atoms with van der Waals surface area (Å²) in [5, 5.41) is 11.3. The molecule has 104 valence electrons. The van der Waals surface area contributed by atoms with Crippen LogP contribution in [0.15, 0.2) is 12.3 Å². The summed E-state index contributed by atoms with van der Waals surface area (Å²) in [6, 6.07) is 1.43. The lowest BCUT2D eigenvalue weighted by molar-refractivity contribution is -0.137. The first-order valence-corrected chi connectivity index (χ1v) is 6.06. The minimum atomic E-state index is -0.919. The quantitative estimate of drug-likeness (QED) is 0.793. The Balaban J connectivity index is 2.46. The summed E-state index contributed by atoms with van der Waals surface area (Å²) >= 11 is 0. The van der Waals surface area contributed by atoms with Crippen LogP contribution in [0.1, 0.15) is 24.9 Å². The van der Waals surface area contributed by atoms with Gasteiger partial charge in [0.05, 0.1) is 18.7 Å². The minimum absolute atomic E-state index is 0.0616. The number of aliphatic carboxylic acids is 1. The Morgan fingerprint density at radius 3 is 2.79 bits per heavy atom. The largest absolute Gasteiger partial charge is 0.481 e. The number of hydrogen-bond acceptors (Lipinski definition) is 4. The average molecular weight is 266 g/mol. The van der Waals surface area contributed by atoms with Gasteiger partial charge in [-0.25, -0.2) is 14.8 Å². The molecule has 0 fully saturated rings. The number of hydrogen-bond donors (Lipinski definition) is 2. The lowest BCUT2D eigenvalue weighted by atomic mass is 10.3. The molecule has 0 saturated carbocycles. The summed E-state index contributed by atoms with van der Waals surface area (Å²) in [5.41, 5.74) is 0.718. The topological polar surface area (TPSA) is 95.4 Å². The maximum absolute atomic E-state index is 11.8. The molecule has 19 heavy (non-hydrogen) atoms. The fourth-order valence-electron chi connectivity index (χ4n) is 1.52. The number of carboxylic acids is 1. The van der Waals surface area contributed by atoms with E-state index in [-0.39, 0.29) is 19.0 Å². The Labute approximate surface area is 111 Å². The van der Waals surface area contributed by atoms with Crippen molar-refractivity contribution in [2.45, 2.75) is 26.8 Å². The molecule has 0 spiro atoms. The highest BCUT2D eigenvalue weighted by Crippen LogP contribution is 1.97. The van der Waals surface area contributed by atoms with E-state index in [1.54, 1.807) is 26.1 Å². The van der Waals surface area contributed by atoms with Crippen molar-refractivity contribution in [2.24, 2.45) is 0 Å². The third kappa shape index (κ3) is 5.33. The monoisotopic (exact) mass is 266 g/mol. The minimum Gasteiger partial charge on any atom is -0.481 e. The zero-order valence-electron chi connectivity index (χ0n) is 11.1. The fourth-order valence-corrected chi connectivity index (χ4v) is 1.52. The maximum Gasteiger partial charge on any atom is 0.317 e. The molecule has 0 aromatic carbocycles. The van der Waals surface area contributed by atoms with E-state index in [1.807, 2.05) is 0 Å². The van der Waals surface area contributed by atoms with Crippen molar-refractivity contribution in [2.75, 3.05) is 13.1 Å². The molecular formula is C12H18N4O3. The van der Waals surface area contributed by atoms with Crippen molar-refractivity contribution in [1.29, 1.82) is 0 Å². The van der Waals surface area contributed by atoms with Gasteiger partial charge in [0.15, 0.2) is 0 Å². The fraction of sp³-hybridized carbons (Fsp3) is 0.500. The second kappa shape index (κ2) is 7.30. The number of carboxylic acid groups (broad SMARTS) is 1. The van der Waals surface area contributed by atoms with Crippen LogP contribution in [0.4, 0.5) is 4.79 Å². The van der Waals surface area contributed by atoms with Crippen LogP contribution in [0, 0.1) is 6.92 Å². The zero-order valence-corrected chi connectivity index (χ0v) is 11.1. The molecular weight excluding hydrogens is 248 g/mol. The van der Waals surface area contributed by atoms with Gasteiger partial charge in [-0.2, -0.15) is 0 Å². The van der Waals surface area contributed by atoms with Crippen molar-refractivity contribution in [1.82, 2.24) is 20.2 Å². The van der Waals surface area contributed by atoms with Crippen LogP contribution < -0.4 is 5.32 Å². The molecule has 2 N–H and O–H groups in total. The Morgan fingerprint density at radius 1 is 1.47 bits per heavy atom. The molecule has 0 radical (unpaired) electrons. The molecule has 0 atom stereocenters. The van der Waals surface area contributed by atoms with Gasteiger partial charge in [0, 0.05) is 19.3 Å². The Hall–Kier alpha value is -2.18. The van der Waals surface area contributed by atoms with Gasteiger partial charge in [-0.15, -0.1) is 0 Å². The van der Waals surface area contributed by atoms with Crippen LogP contribution >= 0.6 is 0 Å². The highest BCUT2D eigenvalue weighted by molar-refractivity contribution is 5.75. The van der Waals surface area contributed by atoms with E-state index < -0.39 is 5.97 Å². The molecule has 0 aliphatic rings. The molecule has 0 aliphatic heterocycles. The van der Waals surface area contributed by atoms with Gasteiger partial charge in [0.1, 0.15) is 5.82 Å². The lowest BCUT2D eigenvalue weighted by Crippen LogP contribution is -2.40. The van der Waals surface area contributed by atoms with Crippen LogP contribution in [0.3, 0.4) is 0 Å². The molecule has 1 heterocycles. The predicted molar refractivity (Wildman–Crippen MR) is 68.5 cm³/mol. The van der Waals surface area contributed by atoms with Gasteiger partial charge in [-0.05, 0) is 19.9 Å². The normalized spacial score (nSPS) is 10.0. The zero-order chi connectivity index (χ0) is 14.3. The summed E-state index contributed by atoms with van der Waals surface area (Å²) in [5.74, 6) is -0.275. The second-order valence-electron chi connectivity index (χ2n) is 3.98. The maximum atomic E-state index is 11.8. The molecule has 0 bridgehead atoms. The van der Waals surface area contributed by atoms with Crippen molar-refractivity contribution >= 4 is 12.0 Å². The summed E-state index contributed by atoms with van der Waals surface area (Å²) in [6.45, 7) is 4.53. The molecule has 1 aromatic heterocycles. The van der Waals surface area contributed by atoms with Crippen molar-refractivity contribution in [3.8, 4) is 0 Å². The number of urea groups is 1. The summed E-state index contributed by atoms with van der Waals surface area (Å²) in [4.78, 5) is 31.9. The molecule has 2 amide bonds. The van der Waals surface area contributed by atoms with E-state index >= 15 is 0 Å². The highest BCUT2D eigenvalue weighted by atomic mass is 16.4. The Kier molecular flexibility index (Phi) is 5.72. The van der Waals surface area contributed by atoms with E-state index in [0.717, 1.165) is 5.69 Å². The average Bonchev–Trinajstić information content (AvgIpc) is 2.37. The highest BCUT2D eigenvalue weighted by Gasteiger charge is 2.12. The molecule has 7 nitrogen and oxygen atoms in total. The van der Waals surface area contributed by atoms with Crippen LogP contribution in [0.25, 0.3) is 0 Å². The van der Waals surface area contributed by atoms with Gasteiger partial charge in [-0.3, -0.25) is 4.79 Å². The van der Waals surface area contributed by atoms with Crippen molar-refractivity contribution in [3.63, 3.8) is 0 Å². The first-order chi connectivity index (χ1) is 9.02. The Morgan fingerprint density at radius 2 is 2.21 bits per heavy atom. The van der Waals surface area contributed by atoms with Crippen LogP contribution in [-0.4, -0.2) is 45.1 Å². The van der Waals surface area contributed by atoms with E-state index in [4.69, 9.17) is 5.11 Å². The lowest BCUT2D eigenvalue weighted by Gasteiger charge is -2.20. The standard InChI is InChI=1S/C12H18N4O3/c1-3-16(7-5-11(17)18)12(19)14-8-10-4-6-13-9(2)15-10/h4,6H,3,5,7-8H2,1-2H3,(H,14,19)(H,17,18). The van der Waals surface area contributed by atoms with E-state index in [2.05, 4.69) is 15.3 Å². The molecule has 7 heteroatoms. The third-order valence-electron chi connectivity index (χ3n) is 2.52. The number of rotatable bonds is 6. The van der Waals surface area contributed by atoms with Crippen LogP contribution in [-0.2, 0) is 11.3 Å². The number of amides is 2. The second-order valence-corrected chi connectivity index (χ2v) is 3.98. The number of carbonyl (C=O) groups is 2. The van der Waals surface area contributed by atoms with Gasteiger partial charge in [0.2, 0.25) is 0 Å². The smallest absolute Gasteiger partial charge is 0.317 e. The van der Waals surface area contributed by atoms with Gasteiger partial charge >= 0.3 is 12.0 Å². The van der Waals surface area contributed by atoms with Gasteiger partial charge < -0.3 is 15.3 Å². The Bertz CT molecular complexity index is 450. The molecule has 1 rings (SSSR count). The number of nitrogens with one attached hydrogen (secondary N) is 1. The number of aromatic nitrogens is 2. The number of aryl methyl sites for hydroxylation is 1. The van der Waals surface area contributed by atoms with Gasteiger partial charge in [-0.1, -0.05) is 0 Å². The summed E-state index contributed by atoms with van der Waals surface area (Å²) < 4.78 is 0. The molecule has 1 aromatic rings. The summed E-state index contributed by atoms with van der Waals surface area (Å²) in [6.07, 6.45) is 1.57. The SMILES string of the molecule is CCN(CCC(=O)O)C(=O)NCc1ccnc(C)n1. The third-order valence-corrected chi connectivity index (χ3v) is 2.52. The van der Waals surface area contributed by atoms with E-state index in [1.165, 1.54) is 4.90 Å². The summed E-state index contributed by atoms with van der Waals surface area (Å²) in [7, 11) is 0. The van der Waals surface area contributed by atoms with E-state index in [0.29, 0.717) is 18.9 Å². The molecule has 0 aliphatic carbocycles. The molecule has 0 unspecified atom stereocenters. The van der Waals surface area contributed by atoms with Crippen molar-refractivity contribution in [3.05, 3.63) is 23.8 Å². The number of carbonyl (C=O) groups excluding carboxylic acids is 1. The van der Waals surface area contributed by atoms with Crippen molar-refractivity contribution < 1.29 is 14.7 Å². The van der Waals surface area contributed by atoms with Gasteiger partial charge in [0.25, 0.3) is 0 Å². The number of nitrogens with zero attached hydrogens (tertiary/aromatic N) is 3. The first-order valence-electron chi connectivity index (χ1n) is 6.06. The first kappa shape index (κ1) is 14.9. The predicted octanol–water partition coefficient (Wildman–Crippen LogP) is 0.791. The van der Waals surface area contributed by atoms with Crippen LogP contribution in [0.2, 0.25) is 0 Å².